The normalized spacial score (nSPS) is 11.2. The van der Waals surface area contributed by atoms with Crippen LogP contribution in [0.15, 0.2) is 36.7 Å². The van der Waals surface area contributed by atoms with Gasteiger partial charge in [-0.1, -0.05) is 29.3 Å². The van der Waals surface area contributed by atoms with E-state index in [1.165, 1.54) is 0 Å². The molecule has 0 radical (unpaired) electrons. The molecule has 2 heterocycles. The molecule has 1 amide bonds. The van der Waals surface area contributed by atoms with Crippen molar-refractivity contribution in [3.8, 4) is 0 Å². The number of fused-ring (bicyclic) bond motifs is 1. The number of hydrogen-bond acceptors (Lipinski definition) is 3. The SMILES string of the molecule is CC(C)n1ncc2cc(NC(=O)Cc3c(Cl)cccc3Cl)cnc21. The van der Waals surface area contributed by atoms with E-state index < -0.39 is 0 Å². The molecule has 0 atom stereocenters. The second-order valence-corrected chi connectivity index (χ2v) is 6.56. The lowest BCUT2D eigenvalue weighted by molar-refractivity contribution is -0.115. The molecule has 7 heteroatoms. The molecule has 3 rings (SSSR count). The van der Waals surface area contributed by atoms with Crippen LogP contribution in [0.4, 0.5) is 5.69 Å². The molecule has 3 aromatic rings. The van der Waals surface area contributed by atoms with Crippen LogP contribution in [0.1, 0.15) is 25.5 Å². The van der Waals surface area contributed by atoms with E-state index >= 15 is 0 Å². The highest BCUT2D eigenvalue weighted by atomic mass is 35.5. The molecule has 124 valence electrons. The summed E-state index contributed by atoms with van der Waals surface area (Å²) in [5, 5.41) is 8.96. The first-order valence-corrected chi connectivity index (χ1v) is 8.27. The predicted octanol–water partition coefficient (Wildman–Crippen LogP) is 4.50. The number of amides is 1. The maximum Gasteiger partial charge on any atom is 0.228 e. The quantitative estimate of drug-likeness (QED) is 0.743. The standard InChI is InChI=1S/C17H16Cl2N4O/c1-10(2)23-17-11(8-21-23)6-12(9-20-17)22-16(24)7-13-14(18)4-3-5-15(13)19/h3-6,8-10H,7H2,1-2H3,(H,22,24). The van der Waals surface area contributed by atoms with Crippen molar-refractivity contribution in [2.45, 2.75) is 26.3 Å². The summed E-state index contributed by atoms with van der Waals surface area (Å²) < 4.78 is 1.84. The number of hydrogen-bond donors (Lipinski definition) is 1. The van der Waals surface area contributed by atoms with Gasteiger partial charge in [0.25, 0.3) is 0 Å². The van der Waals surface area contributed by atoms with E-state index in [1.54, 1.807) is 30.6 Å². The van der Waals surface area contributed by atoms with Gasteiger partial charge in [0.15, 0.2) is 5.65 Å². The van der Waals surface area contributed by atoms with Crippen molar-refractivity contribution in [2.24, 2.45) is 0 Å². The molecule has 24 heavy (non-hydrogen) atoms. The molecular weight excluding hydrogens is 347 g/mol. The third-order valence-corrected chi connectivity index (χ3v) is 4.31. The molecule has 1 N–H and O–H groups in total. The Kier molecular flexibility index (Phi) is 4.73. The number of nitrogens with zero attached hydrogens (tertiary/aromatic N) is 3. The average Bonchev–Trinajstić information content (AvgIpc) is 2.94. The van der Waals surface area contributed by atoms with Gasteiger partial charge in [-0.15, -0.1) is 0 Å². The summed E-state index contributed by atoms with van der Waals surface area (Å²) in [4.78, 5) is 16.6. The maximum atomic E-state index is 12.3. The molecule has 0 bridgehead atoms. The molecule has 0 aliphatic rings. The van der Waals surface area contributed by atoms with Gasteiger partial charge in [0, 0.05) is 21.5 Å². The molecule has 2 aromatic heterocycles. The zero-order valence-corrected chi connectivity index (χ0v) is 14.8. The highest BCUT2D eigenvalue weighted by molar-refractivity contribution is 6.36. The van der Waals surface area contributed by atoms with Gasteiger partial charge in [-0.05, 0) is 37.6 Å². The molecule has 0 fully saturated rings. The van der Waals surface area contributed by atoms with Crippen molar-refractivity contribution in [1.29, 1.82) is 0 Å². The molecule has 0 saturated carbocycles. The summed E-state index contributed by atoms with van der Waals surface area (Å²) in [6, 6.07) is 7.24. The third-order valence-electron chi connectivity index (χ3n) is 3.61. The van der Waals surface area contributed by atoms with E-state index in [1.807, 2.05) is 24.6 Å². The first kappa shape index (κ1) is 16.7. The van der Waals surface area contributed by atoms with Crippen LogP contribution in [0.3, 0.4) is 0 Å². The van der Waals surface area contributed by atoms with E-state index in [0.717, 1.165) is 11.0 Å². The van der Waals surface area contributed by atoms with E-state index in [0.29, 0.717) is 21.3 Å². The Balaban J connectivity index is 1.78. The largest absolute Gasteiger partial charge is 0.324 e. The van der Waals surface area contributed by atoms with Gasteiger partial charge < -0.3 is 5.32 Å². The summed E-state index contributed by atoms with van der Waals surface area (Å²) in [5.74, 6) is -0.206. The summed E-state index contributed by atoms with van der Waals surface area (Å²) in [6.07, 6.45) is 3.46. The van der Waals surface area contributed by atoms with Crippen molar-refractivity contribution >= 4 is 45.8 Å². The monoisotopic (exact) mass is 362 g/mol. The predicted molar refractivity (Wildman–Crippen MR) is 96.7 cm³/mol. The van der Waals surface area contributed by atoms with Gasteiger partial charge in [0.2, 0.25) is 5.91 Å². The lowest BCUT2D eigenvalue weighted by atomic mass is 10.1. The van der Waals surface area contributed by atoms with E-state index in [2.05, 4.69) is 15.4 Å². The second kappa shape index (κ2) is 6.79. The second-order valence-electron chi connectivity index (χ2n) is 5.74. The Bertz CT molecular complexity index is 884. The number of carbonyl (C=O) groups is 1. The van der Waals surface area contributed by atoms with Gasteiger partial charge in [0.1, 0.15) is 0 Å². The first-order chi connectivity index (χ1) is 11.5. The average molecular weight is 363 g/mol. The van der Waals surface area contributed by atoms with Crippen LogP contribution < -0.4 is 5.32 Å². The Morgan fingerprint density at radius 3 is 2.62 bits per heavy atom. The minimum atomic E-state index is -0.206. The fraction of sp³-hybridized carbons (Fsp3) is 0.235. The highest BCUT2D eigenvalue weighted by Gasteiger charge is 2.12. The number of anilines is 1. The van der Waals surface area contributed by atoms with Crippen molar-refractivity contribution < 1.29 is 4.79 Å². The Hall–Kier alpha value is -2.11. The minimum absolute atomic E-state index is 0.0990. The summed E-state index contributed by atoms with van der Waals surface area (Å²) in [6.45, 7) is 4.08. The fourth-order valence-electron chi connectivity index (χ4n) is 2.45. The third kappa shape index (κ3) is 3.37. The topological polar surface area (TPSA) is 59.8 Å². The number of rotatable bonds is 4. The number of halogens is 2. The highest BCUT2D eigenvalue weighted by Crippen LogP contribution is 2.25. The Morgan fingerprint density at radius 2 is 1.96 bits per heavy atom. The Morgan fingerprint density at radius 1 is 1.25 bits per heavy atom. The molecule has 0 aliphatic carbocycles. The van der Waals surface area contributed by atoms with Crippen molar-refractivity contribution in [3.05, 3.63) is 52.3 Å². The lowest BCUT2D eigenvalue weighted by Gasteiger charge is -2.09. The van der Waals surface area contributed by atoms with Crippen LogP contribution in [-0.4, -0.2) is 20.7 Å². The van der Waals surface area contributed by atoms with Gasteiger partial charge in [-0.3, -0.25) is 4.79 Å². The first-order valence-electron chi connectivity index (χ1n) is 7.51. The number of benzene rings is 1. The molecule has 0 unspecified atom stereocenters. The maximum absolute atomic E-state index is 12.3. The lowest BCUT2D eigenvalue weighted by Crippen LogP contribution is -2.15. The number of carbonyl (C=O) groups excluding carboxylic acids is 1. The minimum Gasteiger partial charge on any atom is -0.324 e. The Labute approximate surface area is 149 Å². The van der Waals surface area contributed by atoms with Crippen molar-refractivity contribution in [2.75, 3.05) is 5.32 Å². The molecule has 5 nitrogen and oxygen atoms in total. The molecular formula is C17H16Cl2N4O. The summed E-state index contributed by atoms with van der Waals surface area (Å²) in [5.41, 5.74) is 2.01. The van der Waals surface area contributed by atoms with Crippen molar-refractivity contribution in [3.63, 3.8) is 0 Å². The smallest absolute Gasteiger partial charge is 0.228 e. The number of pyridine rings is 1. The number of aromatic nitrogens is 3. The zero-order valence-electron chi connectivity index (χ0n) is 13.3. The van der Waals surface area contributed by atoms with Gasteiger partial charge in [-0.2, -0.15) is 5.10 Å². The van der Waals surface area contributed by atoms with Crippen LogP contribution in [0.5, 0.6) is 0 Å². The van der Waals surface area contributed by atoms with Crippen LogP contribution in [0.25, 0.3) is 11.0 Å². The van der Waals surface area contributed by atoms with Gasteiger partial charge in [-0.25, -0.2) is 9.67 Å². The van der Waals surface area contributed by atoms with Crippen LogP contribution in [0, 0.1) is 0 Å². The van der Waals surface area contributed by atoms with E-state index in [4.69, 9.17) is 23.2 Å². The summed E-state index contributed by atoms with van der Waals surface area (Å²) >= 11 is 12.2. The van der Waals surface area contributed by atoms with Crippen LogP contribution in [-0.2, 0) is 11.2 Å². The molecule has 1 aromatic carbocycles. The zero-order chi connectivity index (χ0) is 17.3. The van der Waals surface area contributed by atoms with Crippen molar-refractivity contribution in [1.82, 2.24) is 14.8 Å². The van der Waals surface area contributed by atoms with E-state index in [-0.39, 0.29) is 18.4 Å². The van der Waals surface area contributed by atoms with Gasteiger partial charge >= 0.3 is 0 Å². The van der Waals surface area contributed by atoms with Crippen LogP contribution in [0.2, 0.25) is 10.0 Å². The molecule has 0 saturated heterocycles. The van der Waals surface area contributed by atoms with Crippen LogP contribution >= 0.6 is 23.2 Å². The van der Waals surface area contributed by atoms with E-state index in [9.17, 15) is 4.79 Å². The number of nitrogens with one attached hydrogen (secondary N) is 1. The summed E-state index contributed by atoms with van der Waals surface area (Å²) in [7, 11) is 0. The van der Waals surface area contributed by atoms with Gasteiger partial charge in [0.05, 0.1) is 24.5 Å². The fourth-order valence-corrected chi connectivity index (χ4v) is 2.98. The molecule has 0 aliphatic heterocycles. The molecule has 0 spiro atoms.